The maximum absolute atomic E-state index is 8.73. The van der Waals surface area contributed by atoms with Crippen LogP contribution in [-0.4, -0.2) is 21.0 Å². The molecule has 0 saturated heterocycles. The van der Waals surface area contributed by atoms with Crippen molar-refractivity contribution in [3.8, 4) is 0 Å². The fourth-order valence-electron chi connectivity index (χ4n) is 2.09. The molecule has 1 aromatic heterocycles. The molecule has 6 heteroatoms. The van der Waals surface area contributed by atoms with E-state index < -0.39 is 0 Å². The van der Waals surface area contributed by atoms with Crippen LogP contribution in [0.5, 0.6) is 0 Å². The fraction of sp³-hybridized carbons (Fsp3) is 0.267. The first-order valence-electron chi connectivity index (χ1n) is 6.51. The smallest absolute Gasteiger partial charge is 0.188 e. The lowest BCUT2D eigenvalue weighted by Crippen LogP contribution is -2.16. The average molecular weight is 302 g/mol. The van der Waals surface area contributed by atoms with E-state index in [1.807, 2.05) is 6.92 Å². The Morgan fingerprint density at radius 1 is 1.14 bits per heavy atom. The van der Waals surface area contributed by atoms with Crippen LogP contribution in [0.25, 0.3) is 0 Å². The lowest BCUT2D eigenvalue weighted by molar-refractivity contribution is 0.318. The molecule has 0 aliphatic rings. The highest BCUT2D eigenvalue weighted by Gasteiger charge is 2.07. The molecule has 0 radical (unpaired) electrons. The summed E-state index contributed by atoms with van der Waals surface area (Å²) in [6.45, 7) is 6.03. The molecule has 0 aliphatic carbocycles. The summed E-state index contributed by atoms with van der Waals surface area (Å²) < 4.78 is 0. The molecule has 1 heterocycles. The summed E-state index contributed by atoms with van der Waals surface area (Å²) in [4.78, 5) is 8.67. The van der Waals surface area contributed by atoms with Crippen LogP contribution in [-0.2, 0) is 5.75 Å². The topological polar surface area (TPSA) is 84.4 Å². The number of hydrogen-bond donors (Lipinski definition) is 2. The largest absolute Gasteiger partial charge is 0.409 e. The van der Waals surface area contributed by atoms with Crippen LogP contribution in [0.1, 0.15) is 28.1 Å². The summed E-state index contributed by atoms with van der Waals surface area (Å²) in [6, 6.07) is 8.14. The number of nitrogens with two attached hydrogens (primary N) is 1. The number of benzene rings is 1. The van der Waals surface area contributed by atoms with Crippen molar-refractivity contribution in [2.75, 3.05) is 0 Å². The first-order chi connectivity index (χ1) is 9.97. The molecule has 110 valence electrons. The van der Waals surface area contributed by atoms with Crippen molar-refractivity contribution in [1.82, 2.24) is 9.97 Å². The van der Waals surface area contributed by atoms with Gasteiger partial charge in [-0.1, -0.05) is 46.2 Å². The molecule has 0 aliphatic heterocycles. The number of thioether (sulfide) groups is 1. The molecule has 2 aromatic rings. The van der Waals surface area contributed by atoms with E-state index in [0.717, 1.165) is 11.4 Å². The molecule has 0 atom stereocenters. The van der Waals surface area contributed by atoms with Gasteiger partial charge in [0.25, 0.3) is 0 Å². The summed E-state index contributed by atoms with van der Waals surface area (Å²) in [7, 11) is 0. The molecule has 0 saturated carbocycles. The quantitative estimate of drug-likeness (QED) is 0.226. The number of amidine groups is 1. The van der Waals surface area contributed by atoms with Gasteiger partial charge in [0.2, 0.25) is 0 Å². The highest BCUT2D eigenvalue weighted by molar-refractivity contribution is 7.98. The normalized spacial score (nSPS) is 11.7. The van der Waals surface area contributed by atoms with Gasteiger partial charge in [-0.15, -0.1) is 0 Å². The highest BCUT2D eigenvalue weighted by Crippen LogP contribution is 2.21. The van der Waals surface area contributed by atoms with Crippen LogP contribution in [0.15, 0.2) is 34.6 Å². The third-order valence-electron chi connectivity index (χ3n) is 2.85. The Bertz CT molecular complexity index is 665. The van der Waals surface area contributed by atoms with Gasteiger partial charge in [0.05, 0.1) is 0 Å². The third-order valence-corrected chi connectivity index (χ3v) is 3.77. The second-order valence-electron chi connectivity index (χ2n) is 4.95. The SMILES string of the molecule is Cc1cc(C)cc(CSc2nc(C)cc(/C(N)=N/O)n2)c1. The zero-order chi connectivity index (χ0) is 15.4. The predicted octanol–water partition coefficient (Wildman–Crippen LogP) is 2.79. The summed E-state index contributed by atoms with van der Waals surface area (Å²) in [5, 5.41) is 12.3. The molecular formula is C15H18N4OS. The molecule has 0 amide bonds. The van der Waals surface area contributed by atoms with Crippen LogP contribution in [0.4, 0.5) is 0 Å². The van der Waals surface area contributed by atoms with E-state index in [1.165, 1.54) is 28.5 Å². The second-order valence-corrected chi connectivity index (χ2v) is 5.89. The number of oxime groups is 1. The molecule has 0 spiro atoms. The average Bonchev–Trinajstić information content (AvgIpc) is 2.42. The Labute approximate surface area is 128 Å². The van der Waals surface area contributed by atoms with E-state index in [0.29, 0.717) is 10.9 Å². The fourth-order valence-corrected chi connectivity index (χ4v) is 2.92. The van der Waals surface area contributed by atoms with Gasteiger partial charge in [0.1, 0.15) is 5.69 Å². The molecule has 3 N–H and O–H groups in total. The number of rotatable bonds is 4. The van der Waals surface area contributed by atoms with Crippen molar-refractivity contribution < 1.29 is 5.21 Å². The van der Waals surface area contributed by atoms with Crippen LogP contribution in [0.3, 0.4) is 0 Å². The van der Waals surface area contributed by atoms with Crippen molar-refractivity contribution >= 4 is 17.6 Å². The Morgan fingerprint density at radius 2 is 1.81 bits per heavy atom. The first-order valence-corrected chi connectivity index (χ1v) is 7.50. The molecule has 0 bridgehead atoms. The zero-order valence-corrected chi connectivity index (χ0v) is 13.1. The molecule has 21 heavy (non-hydrogen) atoms. The van der Waals surface area contributed by atoms with Crippen LogP contribution >= 0.6 is 11.8 Å². The van der Waals surface area contributed by atoms with Crippen molar-refractivity contribution in [2.45, 2.75) is 31.7 Å². The van der Waals surface area contributed by atoms with Gasteiger partial charge in [0.15, 0.2) is 11.0 Å². The van der Waals surface area contributed by atoms with Gasteiger partial charge in [-0.25, -0.2) is 9.97 Å². The van der Waals surface area contributed by atoms with Gasteiger partial charge >= 0.3 is 0 Å². The number of nitrogens with zero attached hydrogens (tertiary/aromatic N) is 3. The van der Waals surface area contributed by atoms with Crippen molar-refractivity contribution in [2.24, 2.45) is 10.9 Å². The van der Waals surface area contributed by atoms with Gasteiger partial charge in [0, 0.05) is 11.4 Å². The molecule has 1 aromatic carbocycles. The molecule has 5 nitrogen and oxygen atoms in total. The molecule has 0 fully saturated rings. The maximum Gasteiger partial charge on any atom is 0.188 e. The molecular weight excluding hydrogens is 284 g/mol. The van der Waals surface area contributed by atoms with Crippen LogP contribution < -0.4 is 5.73 Å². The number of aromatic nitrogens is 2. The summed E-state index contributed by atoms with van der Waals surface area (Å²) in [5.41, 5.74) is 10.5. The van der Waals surface area contributed by atoms with Crippen molar-refractivity contribution in [3.63, 3.8) is 0 Å². The lowest BCUT2D eigenvalue weighted by Gasteiger charge is -2.06. The van der Waals surface area contributed by atoms with E-state index in [2.05, 4.69) is 47.2 Å². The maximum atomic E-state index is 8.73. The van der Waals surface area contributed by atoms with Crippen molar-refractivity contribution in [3.05, 3.63) is 52.3 Å². The minimum absolute atomic E-state index is 0.00579. The highest BCUT2D eigenvalue weighted by atomic mass is 32.2. The summed E-state index contributed by atoms with van der Waals surface area (Å²) in [5.74, 6) is 0.774. The van der Waals surface area contributed by atoms with Crippen LogP contribution in [0, 0.1) is 20.8 Å². The van der Waals surface area contributed by atoms with Gasteiger partial charge in [-0.05, 0) is 32.4 Å². The number of hydrogen-bond acceptors (Lipinski definition) is 5. The van der Waals surface area contributed by atoms with Gasteiger partial charge in [-0.2, -0.15) is 0 Å². The standard InChI is InChI=1S/C15H18N4OS/c1-9-4-10(2)6-12(5-9)8-21-15-17-11(3)7-13(18-15)14(16)19-20/h4-7,20H,8H2,1-3H3,(H2,16,19). The van der Waals surface area contributed by atoms with Gasteiger partial charge in [-0.3, -0.25) is 0 Å². The molecule has 2 rings (SSSR count). The second kappa shape index (κ2) is 6.58. The Kier molecular flexibility index (Phi) is 4.80. The van der Waals surface area contributed by atoms with E-state index in [9.17, 15) is 0 Å². The Morgan fingerprint density at radius 3 is 2.43 bits per heavy atom. The van der Waals surface area contributed by atoms with Gasteiger partial charge < -0.3 is 10.9 Å². The Hall–Kier alpha value is -2.08. The third kappa shape index (κ3) is 4.19. The minimum Gasteiger partial charge on any atom is -0.409 e. The van der Waals surface area contributed by atoms with E-state index in [4.69, 9.17) is 10.9 Å². The zero-order valence-electron chi connectivity index (χ0n) is 12.3. The van der Waals surface area contributed by atoms with E-state index in [1.54, 1.807) is 6.07 Å². The summed E-state index contributed by atoms with van der Waals surface area (Å²) in [6.07, 6.45) is 0. The molecule has 0 unspecified atom stereocenters. The van der Waals surface area contributed by atoms with Crippen LogP contribution in [0.2, 0.25) is 0 Å². The Balaban J connectivity index is 2.18. The predicted molar refractivity (Wildman–Crippen MR) is 84.8 cm³/mol. The number of aryl methyl sites for hydroxylation is 3. The monoisotopic (exact) mass is 302 g/mol. The van der Waals surface area contributed by atoms with E-state index in [-0.39, 0.29) is 5.84 Å². The first kappa shape index (κ1) is 15.3. The summed E-state index contributed by atoms with van der Waals surface area (Å²) >= 11 is 1.53. The lowest BCUT2D eigenvalue weighted by atomic mass is 10.1. The van der Waals surface area contributed by atoms with Crippen molar-refractivity contribution in [1.29, 1.82) is 0 Å². The minimum atomic E-state index is -0.00579. The van der Waals surface area contributed by atoms with E-state index >= 15 is 0 Å².